The van der Waals surface area contributed by atoms with Gasteiger partial charge in [-0.15, -0.1) is 0 Å². The predicted molar refractivity (Wildman–Crippen MR) is 448 cm³/mol. The van der Waals surface area contributed by atoms with Gasteiger partial charge >= 0.3 is 12.1 Å². The Morgan fingerprint density at radius 3 is 1.74 bits per heavy atom. The van der Waals surface area contributed by atoms with Gasteiger partial charge in [0.1, 0.15) is 55.1 Å². The number of imide groups is 1. The van der Waals surface area contributed by atoms with Gasteiger partial charge < -0.3 is 122 Å². The molecular formula is C84H135N13O26. The summed E-state index contributed by atoms with van der Waals surface area (Å²) >= 11 is 0. The lowest BCUT2D eigenvalue weighted by molar-refractivity contribution is -0.148. The molecule has 39 nitrogen and oxygen atoms in total. The minimum Gasteiger partial charge on any atom is -0.445 e. The lowest BCUT2D eigenvalue weighted by Crippen LogP contribution is -2.60. The Bertz CT molecular complexity index is 3680. The first-order chi connectivity index (χ1) is 58.3. The molecule has 2 aliphatic rings. The van der Waals surface area contributed by atoms with Crippen LogP contribution in [-0.4, -0.2) is 326 Å². The number of benzene rings is 2. The molecule has 692 valence electrons. The number of carbonyl (C=O) groups is 13. The highest BCUT2D eigenvalue weighted by Gasteiger charge is 2.45. The zero-order chi connectivity index (χ0) is 91.7. The van der Waals surface area contributed by atoms with Gasteiger partial charge in [-0.05, 0) is 86.0 Å². The van der Waals surface area contributed by atoms with Crippen molar-refractivity contribution in [2.45, 2.75) is 225 Å². The first-order valence-corrected chi connectivity index (χ1v) is 42.0. The Labute approximate surface area is 720 Å². The Balaban J connectivity index is 1.40. The van der Waals surface area contributed by atoms with Crippen LogP contribution in [0.3, 0.4) is 0 Å². The summed E-state index contributed by atoms with van der Waals surface area (Å²) in [5, 5.41) is 81.8. The molecule has 4 rings (SSSR count). The Kier molecular flexibility index (Phi) is 47.4. The standard InChI is InChI=1S/C84H135N13O26/c1-15-52(8)72(63(117-13)45-68(105)96-35-20-24-60(96)76(118-14)53(9)77(109)88-54(10)73(106)56-21-17-16-18-22-56)94(11)82(114)70(50(4)5)93-81(113)71(51(6)7)95(12)84(116)123-48-55-25-27-57(28-26-55)89-78(110)58(23-19-34-86-83(85)115)91-80(112)69(49(2)3)92-79(111)59(29-30-64(101)87-46-61(99)74(107)75(108)62(100)47-98)90-65(102)33-37-119-39-41-121-43-44-122-42-40-120-38-36-97-66(103)31-32-67(97)104/h16-18,21-22,25-28,31-32,49-54,58-63,69-76,98-100,106-108H,15,19-20,23-24,29-30,33-48H2,1-14H3,(H,87,101)(H,88,109)(H,89,110)(H,90,102)(H,91,112)(H,92,111)(H,93,113)(H3,85,86,115)/t52-,53+,54+,58-,59+,60-,61+,62-,63+,69-,70-,71-,72-,73+,74-,75-,76+/m0/s1. The molecule has 1 saturated heterocycles. The van der Waals surface area contributed by atoms with Crippen LogP contribution < -0.4 is 48.3 Å². The van der Waals surface area contributed by atoms with E-state index in [1.165, 1.54) is 50.5 Å². The normalized spacial score (nSPS) is 17.3. The summed E-state index contributed by atoms with van der Waals surface area (Å²) in [6, 6.07) is 5.96. The van der Waals surface area contributed by atoms with Gasteiger partial charge in [-0.25, -0.2) is 9.59 Å². The number of ether oxygens (including phenoxy) is 7. The third-order valence-electron chi connectivity index (χ3n) is 21.6. The first-order valence-electron chi connectivity index (χ1n) is 42.0. The fourth-order valence-corrected chi connectivity index (χ4v) is 14.2. The van der Waals surface area contributed by atoms with E-state index in [2.05, 4.69) is 42.5 Å². The van der Waals surface area contributed by atoms with Gasteiger partial charge in [-0.2, -0.15) is 0 Å². The molecule has 2 aromatic carbocycles. The van der Waals surface area contributed by atoms with Crippen molar-refractivity contribution in [2.75, 3.05) is 119 Å². The second kappa shape index (κ2) is 55.1. The summed E-state index contributed by atoms with van der Waals surface area (Å²) in [7, 11) is 5.97. The number of nitrogens with two attached hydrogens (primary N) is 1. The molecule has 0 aromatic heterocycles. The van der Waals surface area contributed by atoms with Crippen molar-refractivity contribution >= 4 is 82.8 Å². The summed E-state index contributed by atoms with van der Waals surface area (Å²) in [5.74, 6) is -9.18. The van der Waals surface area contributed by atoms with E-state index in [0.717, 1.165) is 9.80 Å². The number of methoxy groups -OCH3 is 2. The van der Waals surface area contributed by atoms with E-state index < -0.39 is 206 Å². The number of amides is 14. The number of urea groups is 1. The van der Waals surface area contributed by atoms with Crippen molar-refractivity contribution in [1.82, 2.24) is 56.8 Å². The zero-order valence-electron chi connectivity index (χ0n) is 73.4. The van der Waals surface area contributed by atoms with Crippen molar-refractivity contribution in [3.05, 3.63) is 77.9 Å². The summed E-state index contributed by atoms with van der Waals surface area (Å²) in [6.07, 6.45) is -8.12. The predicted octanol–water partition coefficient (Wildman–Crippen LogP) is -0.210. The van der Waals surface area contributed by atoms with Gasteiger partial charge in [-0.3, -0.25) is 62.5 Å². The molecule has 39 heteroatoms. The highest BCUT2D eigenvalue weighted by Crippen LogP contribution is 2.31. The number of nitrogens with one attached hydrogen (secondary N) is 8. The highest BCUT2D eigenvalue weighted by atomic mass is 16.6. The number of carbonyl (C=O) groups excluding carboxylic acids is 13. The van der Waals surface area contributed by atoms with Crippen LogP contribution in [0.2, 0.25) is 0 Å². The van der Waals surface area contributed by atoms with E-state index in [0.29, 0.717) is 36.9 Å². The number of hydrogen-bond acceptors (Lipinski definition) is 26. The maximum Gasteiger partial charge on any atom is 0.410 e. The smallest absolute Gasteiger partial charge is 0.410 e. The molecule has 17 atom stereocenters. The van der Waals surface area contributed by atoms with Crippen molar-refractivity contribution in [3.8, 4) is 0 Å². The van der Waals surface area contributed by atoms with Crippen molar-refractivity contribution in [2.24, 2.45) is 35.3 Å². The van der Waals surface area contributed by atoms with Crippen LogP contribution in [0.5, 0.6) is 0 Å². The maximum absolute atomic E-state index is 14.9. The number of anilines is 1. The molecule has 2 heterocycles. The summed E-state index contributed by atoms with van der Waals surface area (Å²) in [5.41, 5.74) is 6.62. The lowest BCUT2D eigenvalue weighted by atomic mass is 9.89. The van der Waals surface area contributed by atoms with Crippen LogP contribution in [0.25, 0.3) is 0 Å². The van der Waals surface area contributed by atoms with Crippen molar-refractivity contribution in [3.63, 3.8) is 0 Å². The van der Waals surface area contributed by atoms with E-state index in [-0.39, 0.29) is 122 Å². The van der Waals surface area contributed by atoms with Gasteiger partial charge in [0.15, 0.2) is 0 Å². The third-order valence-corrected chi connectivity index (χ3v) is 21.6. The Morgan fingerprint density at radius 1 is 0.602 bits per heavy atom. The molecule has 0 bridgehead atoms. The summed E-state index contributed by atoms with van der Waals surface area (Å²) < 4.78 is 39.7. The number of aliphatic hydroxyl groups is 6. The van der Waals surface area contributed by atoms with Crippen LogP contribution >= 0.6 is 0 Å². The van der Waals surface area contributed by atoms with E-state index in [1.54, 1.807) is 104 Å². The number of likely N-dealkylation sites (tertiary alicyclic amines) is 1. The highest BCUT2D eigenvalue weighted by molar-refractivity contribution is 6.13. The van der Waals surface area contributed by atoms with E-state index in [1.807, 2.05) is 19.9 Å². The molecule has 14 amide bonds. The summed E-state index contributed by atoms with van der Waals surface area (Å²) in [4.78, 5) is 181. The number of likely N-dealkylation sites (N-methyl/N-ethyl adjacent to an activating group) is 2. The topological polar surface area (TPSA) is 543 Å². The molecule has 2 aromatic rings. The molecule has 0 saturated carbocycles. The lowest BCUT2D eigenvalue weighted by Gasteiger charge is -2.41. The van der Waals surface area contributed by atoms with Crippen molar-refractivity contribution in [1.29, 1.82) is 0 Å². The molecule has 2 aliphatic heterocycles. The summed E-state index contributed by atoms with van der Waals surface area (Å²) in [6.45, 7) is 17.1. The second-order valence-electron chi connectivity index (χ2n) is 31.9. The van der Waals surface area contributed by atoms with Crippen LogP contribution in [0.15, 0.2) is 66.7 Å². The quantitative estimate of drug-likeness (QED) is 0.0301. The van der Waals surface area contributed by atoms with Gasteiger partial charge in [0, 0.05) is 78.6 Å². The largest absolute Gasteiger partial charge is 0.445 e. The molecular weight excluding hydrogens is 1610 g/mol. The van der Waals surface area contributed by atoms with Crippen LogP contribution in [0.4, 0.5) is 15.3 Å². The molecule has 16 N–H and O–H groups in total. The molecule has 0 spiro atoms. The molecule has 0 unspecified atom stereocenters. The van der Waals surface area contributed by atoms with Gasteiger partial charge in [0.25, 0.3) is 11.8 Å². The molecule has 1 fully saturated rings. The Morgan fingerprint density at radius 2 is 1.18 bits per heavy atom. The van der Waals surface area contributed by atoms with Gasteiger partial charge in [-0.1, -0.05) is 111 Å². The number of aliphatic hydroxyl groups excluding tert-OH is 6. The molecule has 0 radical (unpaired) electrons. The zero-order valence-corrected chi connectivity index (χ0v) is 73.4. The van der Waals surface area contributed by atoms with Crippen LogP contribution in [0.1, 0.15) is 144 Å². The number of rotatable bonds is 58. The third kappa shape index (κ3) is 34.9. The van der Waals surface area contributed by atoms with Gasteiger partial charge in [0.05, 0.1) is 121 Å². The first kappa shape index (κ1) is 106. The average molecular weight is 1740 g/mol. The fraction of sp³-hybridized carbons (Fsp3) is 0.679. The minimum absolute atomic E-state index is 0.0116. The van der Waals surface area contributed by atoms with Crippen LogP contribution in [-0.2, 0) is 92.5 Å². The second-order valence-corrected chi connectivity index (χ2v) is 31.9. The van der Waals surface area contributed by atoms with E-state index in [9.17, 15) is 87.9 Å². The number of hydrogen-bond donors (Lipinski definition) is 15. The van der Waals surface area contributed by atoms with E-state index in [4.69, 9.17) is 44.0 Å². The van der Waals surface area contributed by atoms with Crippen LogP contribution in [0, 0.1) is 29.6 Å². The Hall–Kier alpha value is -9.39. The minimum atomic E-state index is -2.00. The number of nitrogens with zero attached hydrogens (tertiary/aromatic N) is 4. The average Bonchev–Trinajstić information content (AvgIpc) is 1.76. The maximum atomic E-state index is 14.9. The monoisotopic (exact) mass is 1740 g/mol. The fourth-order valence-electron chi connectivity index (χ4n) is 14.2. The molecule has 123 heavy (non-hydrogen) atoms. The molecule has 0 aliphatic carbocycles. The van der Waals surface area contributed by atoms with E-state index >= 15 is 0 Å². The SMILES string of the molecule is CC[C@H](C)[C@@H]([C@@H](CC(=O)N1CCC[C@H]1[C@H](OC)[C@@H](C)C(=O)N[C@H](C)[C@@H](O)c1ccccc1)OC)N(C)C(=O)[C@@H](NC(=O)[C@H](C(C)C)N(C)C(=O)OCc1ccc(NC(=O)[C@H](CCCNC(N)=O)NC(=O)[C@@H](NC(=O)[C@@H](CCC(=O)NC[C@@H](O)[C@H](O)[C@@H](O)[C@@H](O)CO)NC(=O)CCOCCOCCOCCOCCN2C(=O)C=CC2=O)C(C)C)cc1)C(C)C. The van der Waals surface area contributed by atoms with Gasteiger partial charge in [0.2, 0.25) is 53.2 Å². The number of primary amides is 1. The van der Waals surface area contributed by atoms with Crippen molar-refractivity contribution < 1.29 is 126 Å².